The van der Waals surface area contributed by atoms with E-state index in [1.54, 1.807) is 103 Å². The topological polar surface area (TPSA) is 473 Å². The van der Waals surface area contributed by atoms with E-state index in [-0.39, 0.29) is 81.3 Å². The van der Waals surface area contributed by atoms with Gasteiger partial charge in [0.15, 0.2) is 11.2 Å². The number of hydrogen-bond donors (Lipinski definition) is 11. The van der Waals surface area contributed by atoms with E-state index in [4.69, 9.17) is 38.4 Å². The van der Waals surface area contributed by atoms with Gasteiger partial charge >= 0.3 is 36.3 Å². The van der Waals surface area contributed by atoms with E-state index in [0.717, 1.165) is 4.31 Å². The first-order valence-corrected chi connectivity index (χ1v) is 41.1. The summed E-state index contributed by atoms with van der Waals surface area (Å²) in [5.74, 6) is -6.59. The number of aliphatic hydroxyl groups is 2. The minimum absolute atomic E-state index is 0.0348. The predicted octanol–water partition coefficient (Wildman–Crippen LogP) is 7.33. The summed E-state index contributed by atoms with van der Waals surface area (Å²) in [4.78, 5) is 170. The molecule has 648 valence electrons. The zero-order valence-electron chi connectivity index (χ0n) is 68.7. The highest BCUT2D eigenvalue weighted by Crippen LogP contribution is 2.49. The molecule has 0 saturated heterocycles. The molecule has 4 aliphatic heterocycles. The third kappa shape index (κ3) is 17.0. The van der Waals surface area contributed by atoms with Gasteiger partial charge < -0.3 is 90.3 Å². The normalized spacial score (nSPS) is 18.7. The van der Waals surface area contributed by atoms with Crippen molar-refractivity contribution in [3.05, 3.63) is 183 Å². The molecular weight excluding hydrogens is 1630 g/mol. The number of pyridine rings is 4. The van der Waals surface area contributed by atoms with Crippen LogP contribution in [0.4, 0.5) is 39.3 Å². The molecule has 0 radical (unpaired) electrons. The van der Waals surface area contributed by atoms with Crippen molar-refractivity contribution in [1.82, 2.24) is 55.3 Å². The van der Waals surface area contributed by atoms with Gasteiger partial charge in [0.25, 0.3) is 11.1 Å². The fraction of sp³-hybridized carbons (Fsp3) is 0.412. The Bertz CT molecular complexity index is 5900. The number of carbonyl (C=O) groups is 10. The zero-order chi connectivity index (χ0) is 88.3. The van der Waals surface area contributed by atoms with Gasteiger partial charge in [0.05, 0.1) is 70.1 Å². The standard InChI is InChI=1S/C85H91F2N13O22S/c1-11-85(114)55-29-63-71-51(33-100(63)77(106)53(55)37-120-79(85)108)67-59(23-21-49-41(7)57(87)31-61(93-71)65(49)67)95-81(110)122-35-45-14-18-47(19-15-45)91-73(102)43(9)89-75(104)69(39(4)5)97-83(112)118-27-25-98(123(115)116)24-26-117-82(111)96-68(38(2)3)74(103)88-42(8)72(101)90-46-16-12-44(13-17-46)34-121-80(109)94-58-22-20-48-40(6)56(86)30-60-64(48)66(58)50-32-99-62(70(50)92-60)28-54-52(76(99)105)36-119-78(107)84(54,10)113/h12-19,28-31,38-39,42-43,58-59,68-69,113-114H,11,20-27,32-37H2,1-10H3,(H,88,103)(H,89,104)(H,90,101)(H,91,102)(H,94,109)(H,95,110)(H,96,111)(H,97,112)(H,115,116)/t42-,43-,58-,59-,68-,69-,84-,85-/m0/s1. The summed E-state index contributed by atoms with van der Waals surface area (Å²) in [5, 5.41) is 45.2. The molecule has 9 atom stereocenters. The first-order valence-electron chi connectivity index (χ1n) is 40.1. The zero-order valence-corrected chi connectivity index (χ0v) is 69.5. The van der Waals surface area contributed by atoms with E-state index in [1.165, 1.54) is 48.1 Å². The second-order valence-electron chi connectivity index (χ2n) is 32.1. The van der Waals surface area contributed by atoms with E-state index in [0.29, 0.717) is 137 Å². The first-order chi connectivity index (χ1) is 58.4. The maximum Gasteiger partial charge on any atom is 0.407 e. The van der Waals surface area contributed by atoms with Gasteiger partial charge in [0, 0.05) is 69.6 Å². The molecule has 8 amide bonds. The molecular formula is C85H91F2N13O22S. The number of nitrogens with zero attached hydrogens (tertiary/aromatic N) is 5. The SMILES string of the molecule is CC[C@@]1(O)C(=O)OCc2c1cc1n(c2=O)Cc2c-1nc1cc(F)c(C)c3c1c2[C@@H](NC(=O)OCc1ccc(NC(=O)[C@H](C)NC(=O)[C@@H](NC(=O)OCCN(CCOC(=O)N[C@H](C(=O)N[C@@H](C)C(=O)Nc2ccc(COC(=O)N[C@H]4CCc5c(C)c(F)cc6nc7c(c4c56)Cn4c-7cc5c(c4=O)COC(=O)[C@@]5(C)O)cc2)C(C)C)S(=O)O)C(C)C)cc1)CC3. The molecule has 38 heteroatoms. The Morgan fingerprint density at radius 1 is 0.561 bits per heavy atom. The average Bonchev–Trinajstić information content (AvgIpc) is 1.58. The van der Waals surface area contributed by atoms with Crippen molar-refractivity contribution >= 4 is 104 Å². The highest BCUT2D eigenvalue weighted by Gasteiger charge is 2.48. The number of fused-ring (bicyclic) bond motifs is 10. The number of halogens is 2. The van der Waals surface area contributed by atoms with Crippen LogP contribution in [0.1, 0.15) is 165 Å². The summed E-state index contributed by atoms with van der Waals surface area (Å²) < 4.78 is 89.4. The minimum atomic E-state index is -2.67. The average molecular weight is 1720 g/mol. The number of aryl methyl sites for hydroxylation is 2. The van der Waals surface area contributed by atoms with Crippen LogP contribution in [0.5, 0.6) is 0 Å². The van der Waals surface area contributed by atoms with Crippen LogP contribution in [0.3, 0.4) is 0 Å². The van der Waals surface area contributed by atoms with Crippen LogP contribution in [-0.2, 0) is 132 Å². The van der Waals surface area contributed by atoms with Gasteiger partial charge in [-0.25, -0.2) is 51.7 Å². The number of ether oxygens (including phenoxy) is 6. The fourth-order valence-electron chi connectivity index (χ4n) is 16.6. The van der Waals surface area contributed by atoms with Crippen LogP contribution in [0.2, 0.25) is 0 Å². The highest BCUT2D eigenvalue weighted by atomic mass is 32.2. The monoisotopic (exact) mass is 1720 g/mol. The Morgan fingerprint density at radius 3 is 1.37 bits per heavy atom. The number of rotatable bonds is 26. The lowest BCUT2D eigenvalue weighted by Crippen LogP contribution is -2.54. The van der Waals surface area contributed by atoms with Gasteiger partial charge in [-0.2, -0.15) is 4.31 Å². The fourth-order valence-corrected chi connectivity index (χ4v) is 17.0. The second-order valence-corrected chi connectivity index (χ2v) is 33.1. The molecule has 14 rings (SSSR count). The number of aromatic nitrogens is 4. The maximum atomic E-state index is 15.5. The smallest absolute Gasteiger partial charge is 0.407 e. The number of carbonyl (C=O) groups excluding carboxylic acids is 10. The third-order valence-corrected chi connectivity index (χ3v) is 24.3. The number of cyclic esters (lactones) is 2. The number of amides is 8. The van der Waals surface area contributed by atoms with Crippen LogP contribution in [0.25, 0.3) is 44.6 Å². The van der Waals surface area contributed by atoms with E-state index >= 15 is 8.78 Å². The number of nitrogens with one attached hydrogen (secondary N) is 8. The Kier molecular flexibility index (Phi) is 24.5. The van der Waals surface area contributed by atoms with E-state index < -0.39 is 166 Å². The predicted molar refractivity (Wildman–Crippen MR) is 437 cm³/mol. The minimum Gasteiger partial charge on any atom is -0.458 e. The van der Waals surface area contributed by atoms with Crippen LogP contribution in [-0.4, -0.2) is 153 Å². The van der Waals surface area contributed by atoms with Crippen molar-refractivity contribution in [2.24, 2.45) is 11.8 Å². The summed E-state index contributed by atoms with van der Waals surface area (Å²) >= 11 is -2.67. The third-order valence-electron chi connectivity index (χ3n) is 23.5. The summed E-state index contributed by atoms with van der Waals surface area (Å²) in [7, 11) is 0. The van der Waals surface area contributed by atoms with Crippen LogP contribution in [0, 0.1) is 37.3 Å². The molecule has 123 heavy (non-hydrogen) atoms. The Labute approximate surface area is 703 Å². The molecule has 4 aromatic carbocycles. The molecule has 11 N–H and O–H groups in total. The number of benzene rings is 4. The first kappa shape index (κ1) is 86.7. The summed E-state index contributed by atoms with van der Waals surface area (Å²) in [6.07, 6.45) is -2.34. The molecule has 35 nitrogen and oxygen atoms in total. The molecule has 8 aromatic rings. The second kappa shape index (κ2) is 34.7. The van der Waals surface area contributed by atoms with E-state index in [2.05, 4.69) is 42.5 Å². The van der Waals surface area contributed by atoms with Gasteiger partial charge in [-0.15, -0.1) is 0 Å². The Hall–Kier alpha value is -12.7. The molecule has 2 aliphatic carbocycles. The Morgan fingerprint density at radius 2 is 0.967 bits per heavy atom. The van der Waals surface area contributed by atoms with Gasteiger partial charge in [-0.05, 0) is 159 Å². The molecule has 0 bridgehead atoms. The maximum absolute atomic E-state index is 15.5. The highest BCUT2D eigenvalue weighted by molar-refractivity contribution is 7.76. The van der Waals surface area contributed by atoms with Gasteiger partial charge in [-0.1, -0.05) is 58.9 Å². The van der Waals surface area contributed by atoms with Crippen molar-refractivity contribution in [2.45, 2.75) is 188 Å². The lowest BCUT2D eigenvalue weighted by Gasteiger charge is -2.31. The molecule has 8 heterocycles. The summed E-state index contributed by atoms with van der Waals surface area (Å²) in [6.45, 7) is 12.8. The van der Waals surface area contributed by atoms with Crippen LogP contribution in [0.15, 0.2) is 82.4 Å². The molecule has 4 aromatic heterocycles. The van der Waals surface area contributed by atoms with Crippen molar-refractivity contribution < 1.29 is 104 Å². The largest absolute Gasteiger partial charge is 0.458 e. The van der Waals surface area contributed by atoms with Crippen molar-refractivity contribution in [2.75, 3.05) is 36.9 Å². The van der Waals surface area contributed by atoms with E-state index in [9.17, 15) is 76.5 Å². The van der Waals surface area contributed by atoms with Crippen molar-refractivity contribution in [1.29, 1.82) is 0 Å². The quantitative estimate of drug-likeness (QED) is 0.0143. The molecule has 1 unspecified atom stereocenters. The summed E-state index contributed by atoms with van der Waals surface area (Å²) in [5.41, 5.74) is 3.64. The molecule has 0 spiro atoms. The van der Waals surface area contributed by atoms with Crippen molar-refractivity contribution in [3.63, 3.8) is 0 Å². The van der Waals surface area contributed by atoms with Crippen molar-refractivity contribution in [3.8, 4) is 22.8 Å². The molecule has 0 saturated carbocycles. The number of anilines is 2. The van der Waals surface area contributed by atoms with Gasteiger partial charge in [-0.3, -0.25) is 33.3 Å². The lowest BCUT2D eigenvalue weighted by molar-refractivity contribution is -0.172. The van der Waals surface area contributed by atoms with Crippen LogP contribution < -0.4 is 53.7 Å². The summed E-state index contributed by atoms with van der Waals surface area (Å²) in [6, 6.07) is 12.3. The van der Waals surface area contributed by atoms with E-state index in [1.807, 2.05) is 0 Å². The lowest BCUT2D eigenvalue weighted by atomic mass is 9.81. The Balaban J connectivity index is 0.493. The molecule has 6 aliphatic rings. The van der Waals surface area contributed by atoms with Gasteiger partial charge in [0.1, 0.15) is 75.4 Å². The van der Waals surface area contributed by atoms with Gasteiger partial charge in [0.2, 0.25) is 34.9 Å². The van der Waals surface area contributed by atoms with Crippen LogP contribution >= 0.6 is 0 Å². The number of hydrogen-bond acceptors (Lipinski definition) is 23. The number of alkyl carbamates (subject to hydrolysis) is 4. The number of esters is 2. The molecule has 0 fully saturated rings.